The molecule has 0 heterocycles. The van der Waals surface area contributed by atoms with Crippen LogP contribution in [0, 0.1) is 11.8 Å². The van der Waals surface area contributed by atoms with Crippen LogP contribution in [-0.2, 0) is 4.79 Å². The van der Waals surface area contributed by atoms with E-state index in [1.165, 1.54) is 32.1 Å². The molecule has 0 radical (unpaired) electrons. The third-order valence-corrected chi connectivity index (χ3v) is 3.57. The van der Waals surface area contributed by atoms with Gasteiger partial charge in [0, 0.05) is 6.04 Å². The predicted molar refractivity (Wildman–Crippen MR) is 65.5 cm³/mol. The molecule has 1 rings (SSSR count). The third kappa shape index (κ3) is 5.50. The summed E-state index contributed by atoms with van der Waals surface area (Å²) in [5, 5.41) is 11.9. The highest BCUT2D eigenvalue weighted by Crippen LogP contribution is 2.30. The Morgan fingerprint density at radius 1 is 1.50 bits per heavy atom. The van der Waals surface area contributed by atoms with Crippen LogP contribution in [0.1, 0.15) is 52.4 Å². The van der Waals surface area contributed by atoms with Crippen LogP contribution in [0.15, 0.2) is 0 Å². The van der Waals surface area contributed by atoms with Crippen molar-refractivity contribution in [2.75, 3.05) is 6.54 Å². The summed E-state index contributed by atoms with van der Waals surface area (Å²) >= 11 is 0. The van der Waals surface area contributed by atoms with E-state index in [4.69, 9.17) is 5.11 Å². The summed E-state index contributed by atoms with van der Waals surface area (Å²) in [6.45, 7) is 5.25. The van der Waals surface area contributed by atoms with E-state index in [0.29, 0.717) is 0 Å². The summed E-state index contributed by atoms with van der Waals surface area (Å²) in [4.78, 5) is 10.5. The Balaban J connectivity index is 2.08. The normalized spacial score (nSPS) is 27.6. The molecule has 0 aromatic heterocycles. The molecule has 1 aliphatic carbocycles. The van der Waals surface area contributed by atoms with Crippen LogP contribution in [-0.4, -0.2) is 23.7 Å². The van der Waals surface area contributed by atoms with Gasteiger partial charge < -0.3 is 10.4 Å². The van der Waals surface area contributed by atoms with E-state index < -0.39 is 5.97 Å². The molecule has 1 fully saturated rings. The highest BCUT2D eigenvalue weighted by molar-refractivity contribution is 5.67. The first-order valence-corrected chi connectivity index (χ1v) is 6.53. The van der Waals surface area contributed by atoms with Gasteiger partial charge in [0.2, 0.25) is 0 Å². The van der Waals surface area contributed by atoms with Crippen molar-refractivity contribution < 1.29 is 9.90 Å². The van der Waals surface area contributed by atoms with Gasteiger partial charge in [-0.05, 0) is 38.1 Å². The molecule has 16 heavy (non-hydrogen) atoms. The van der Waals surface area contributed by atoms with Crippen molar-refractivity contribution in [1.29, 1.82) is 0 Å². The molecule has 0 spiro atoms. The molecule has 94 valence electrons. The van der Waals surface area contributed by atoms with E-state index in [-0.39, 0.29) is 12.5 Å². The number of carboxylic acids is 1. The number of hydrogen-bond donors (Lipinski definition) is 2. The number of hydrogen-bond acceptors (Lipinski definition) is 2. The number of nitrogens with one attached hydrogen (secondary N) is 1. The second-order valence-corrected chi connectivity index (χ2v) is 5.38. The molecule has 0 amide bonds. The lowest BCUT2D eigenvalue weighted by atomic mass is 9.81. The topological polar surface area (TPSA) is 49.3 Å². The fraction of sp³-hybridized carbons (Fsp3) is 0.923. The van der Waals surface area contributed by atoms with E-state index in [2.05, 4.69) is 12.2 Å². The molecule has 3 atom stereocenters. The Morgan fingerprint density at radius 2 is 2.25 bits per heavy atom. The van der Waals surface area contributed by atoms with E-state index >= 15 is 0 Å². The fourth-order valence-electron chi connectivity index (χ4n) is 2.69. The lowest BCUT2D eigenvalue weighted by Crippen LogP contribution is -2.30. The molecule has 3 unspecified atom stereocenters. The first kappa shape index (κ1) is 13.5. The smallest absolute Gasteiger partial charge is 0.304 e. The third-order valence-electron chi connectivity index (χ3n) is 3.57. The molecular weight excluding hydrogens is 202 g/mol. The molecule has 0 saturated heterocycles. The molecule has 0 aromatic rings. The minimum absolute atomic E-state index is 0.0958. The number of aliphatic carboxylic acids is 1. The van der Waals surface area contributed by atoms with Crippen LogP contribution in [0.25, 0.3) is 0 Å². The average Bonchev–Trinajstić information content (AvgIpc) is 2.16. The van der Waals surface area contributed by atoms with E-state index in [1.807, 2.05) is 6.92 Å². The van der Waals surface area contributed by atoms with Gasteiger partial charge in [-0.25, -0.2) is 0 Å². The Hall–Kier alpha value is -0.570. The zero-order chi connectivity index (χ0) is 12.0. The largest absolute Gasteiger partial charge is 0.481 e. The Labute approximate surface area is 98.6 Å². The van der Waals surface area contributed by atoms with Crippen molar-refractivity contribution >= 4 is 5.97 Å². The van der Waals surface area contributed by atoms with Crippen LogP contribution in [0.5, 0.6) is 0 Å². The second kappa shape index (κ2) is 6.89. The van der Waals surface area contributed by atoms with Crippen LogP contribution >= 0.6 is 0 Å². The molecule has 1 aliphatic rings. The van der Waals surface area contributed by atoms with Gasteiger partial charge in [0.1, 0.15) is 0 Å². The first-order valence-electron chi connectivity index (χ1n) is 6.53. The monoisotopic (exact) mass is 227 g/mol. The molecule has 2 N–H and O–H groups in total. The quantitative estimate of drug-likeness (QED) is 0.733. The summed E-state index contributed by atoms with van der Waals surface area (Å²) < 4.78 is 0. The Morgan fingerprint density at radius 3 is 2.88 bits per heavy atom. The van der Waals surface area contributed by atoms with E-state index in [1.54, 1.807) is 0 Å². The minimum atomic E-state index is -0.716. The summed E-state index contributed by atoms with van der Waals surface area (Å²) in [5.74, 6) is 1.02. The molecule has 3 heteroatoms. The van der Waals surface area contributed by atoms with Gasteiger partial charge >= 0.3 is 5.97 Å². The van der Waals surface area contributed by atoms with Crippen molar-refractivity contribution in [3.8, 4) is 0 Å². The summed E-state index contributed by atoms with van der Waals surface area (Å²) in [6.07, 6.45) is 6.90. The van der Waals surface area contributed by atoms with Gasteiger partial charge in [0.25, 0.3) is 0 Å². The van der Waals surface area contributed by atoms with Gasteiger partial charge in [-0.2, -0.15) is 0 Å². The number of carbonyl (C=O) groups is 1. The lowest BCUT2D eigenvalue weighted by Gasteiger charge is -2.27. The van der Waals surface area contributed by atoms with Crippen molar-refractivity contribution in [3.05, 3.63) is 0 Å². The number of rotatable bonds is 6. The van der Waals surface area contributed by atoms with Crippen molar-refractivity contribution in [1.82, 2.24) is 5.32 Å². The van der Waals surface area contributed by atoms with Crippen LogP contribution < -0.4 is 5.32 Å². The van der Waals surface area contributed by atoms with Gasteiger partial charge in [0.05, 0.1) is 6.42 Å². The second-order valence-electron chi connectivity index (χ2n) is 5.38. The van der Waals surface area contributed by atoms with E-state index in [0.717, 1.165) is 18.4 Å². The minimum Gasteiger partial charge on any atom is -0.481 e. The summed E-state index contributed by atoms with van der Waals surface area (Å²) in [5.41, 5.74) is 0. The van der Waals surface area contributed by atoms with Crippen LogP contribution in [0.4, 0.5) is 0 Å². The van der Waals surface area contributed by atoms with Crippen LogP contribution in [0.2, 0.25) is 0 Å². The van der Waals surface area contributed by atoms with Crippen LogP contribution in [0.3, 0.4) is 0 Å². The predicted octanol–water partition coefficient (Wildman–Crippen LogP) is 2.66. The maximum atomic E-state index is 10.5. The molecule has 3 nitrogen and oxygen atoms in total. The van der Waals surface area contributed by atoms with Gasteiger partial charge in [0.15, 0.2) is 0 Å². The molecule has 0 bridgehead atoms. The SMILES string of the molecule is CC1CCCC(CCNC(C)CC(=O)O)C1. The standard InChI is InChI=1S/C13H25NO2/c1-10-4-3-5-12(8-10)6-7-14-11(2)9-13(15)16/h10-12,14H,3-9H2,1-2H3,(H,15,16). The fourth-order valence-corrected chi connectivity index (χ4v) is 2.69. The molecular formula is C13H25NO2. The summed E-state index contributed by atoms with van der Waals surface area (Å²) in [7, 11) is 0. The lowest BCUT2D eigenvalue weighted by molar-refractivity contribution is -0.137. The zero-order valence-corrected chi connectivity index (χ0v) is 10.5. The van der Waals surface area contributed by atoms with Crippen molar-refractivity contribution in [2.24, 2.45) is 11.8 Å². The highest BCUT2D eigenvalue weighted by atomic mass is 16.4. The first-order chi connectivity index (χ1) is 7.58. The maximum Gasteiger partial charge on any atom is 0.304 e. The van der Waals surface area contributed by atoms with Crippen molar-refractivity contribution in [3.63, 3.8) is 0 Å². The Kier molecular flexibility index (Phi) is 5.81. The Bertz CT molecular complexity index is 218. The maximum absolute atomic E-state index is 10.5. The number of carboxylic acid groups (broad SMARTS) is 1. The highest BCUT2D eigenvalue weighted by Gasteiger charge is 2.18. The molecule has 0 aliphatic heterocycles. The average molecular weight is 227 g/mol. The van der Waals surface area contributed by atoms with Gasteiger partial charge in [-0.3, -0.25) is 4.79 Å². The van der Waals surface area contributed by atoms with E-state index in [9.17, 15) is 4.79 Å². The molecule has 1 saturated carbocycles. The van der Waals surface area contributed by atoms with Crippen molar-refractivity contribution in [2.45, 2.75) is 58.4 Å². The van der Waals surface area contributed by atoms with Gasteiger partial charge in [-0.15, -0.1) is 0 Å². The van der Waals surface area contributed by atoms with Gasteiger partial charge in [-0.1, -0.05) is 26.2 Å². The zero-order valence-electron chi connectivity index (χ0n) is 10.5. The summed E-state index contributed by atoms with van der Waals surface area (Å²) in [6, 6.07) is 0.0958. The molecule has 0 aromatic carbocycles.